The molecule has 0 bridgehead atoms. The van der Waals surface area contributed by atoms with Crippen LogP contribution in [0.15, 0.2) is 18.3 Å². The predicted octanol–water partition coefficient (Wildman–Crippen LogP) is -0.104. The van der Waals surface area contributed by atoms with Crippen molar-refractivity contribution in [1.82, 2.24) is 14.8 Å². The zero-order valence-corrected chi connectivity index (χ0v) is 11.2. The first-order valence-electron chi connectivity index (χ1n) is 6.52. The molecule has 1 fully saturated rings. The fraction of sp³-hybridized carbons (Fsp3) is 0.462. The van der Waals surface area contributed by atoms with Crippen LogP contribution in [0, 0.1) is 0 Å². The maximum Gasteiger partial charge on any atom is 0.317 e. The number of hydrogen-bond acceptors (Lipinski definition) is 5. The highest BCUT2D eigenvalue weighted by atomic mass is 16.4. The van der Waals surface area contributed by atoms with Crippen molar-refractivity contribution in [2.75, 3.05) is 38.5 Å². The molecule has 20 heavy (non-hydrogen) atoms. The number of carbonyl (C=O) groups excluding carboxylic acids is 1. The average molecular weight is 278 g/mol. The van der Waals surface area contributed by atoms with Crippen LogP contribution in [0.5, 0.6) is 0 Å². The molecule has 1 aliphatic heterocycles. The molecule has 0 spiro atoms. The zero-order chi connectivity index (χ0) is 14.5. The van der Waals surface area contributed by atoms with Crippen molar-refractivity contribution in [3.63, 3.8) is 0 Å². The highest BCUT2D eigenvalue weighted by molar-refractivity contribution is 5.97. The first-order valence-corrected chi connectivity index (χ1v) is 6.52. The molecule has 7 heteroatoms. The Morgan fingerprint density at radius 1 is 1.30 bits per heavy atom. The summed E-state index contributed by atoms with van der Waals surface area (Å²) in [7, 11) is 0. The molecule has 0 aliphatic carbocycles. The second-order valence-electron chi connectivity index (χ2n) is 4.76. The van der Waals surface area contributed by atoms with Gasteiger partial charge in [0.1, 0.15) is 0 Å². The Labute approximate surface area is 117 Å². The summed E-state index contributed by atoms with van der Waals surface area (Å²) in [4.78, 5) is 30.6. The summed E-state index contributed by atoms with van der Waals surface area (Å²) in [5.74, 6) is -1.04. The molecule has 0 aromatic carbocycles. The summed E-state index contributed by atoms with van der Waals surface area (Å²) in [5, 5.41) is 8.80. The van der Waals surface area contributed by atoms with E-state index in [0.717, 1.165) is 6.42 Å². The Balaban J connectivity index is 2.02. The monoisotopic (exact) mass is 278 g/mol. The van der Waals surface area contributed by atoms with Gasteiger partial charge in [-0.3, -0.25) is 14.5 Å². The van der Waals surface area contributed by atoms with E-state index < -0.39 is 5.97 Å². The molecule has 0 atom stereocenters. The molecule has 0 unspecified atom stereocenters. The third-order valence-corrected chi connectivity index (χ3v) is 3.28. The zero-order valence-electron chi connectivity index (χ0n) is 11.2. The van der Waals surface area contributed by atoms with Gasteiger partial charge in [-0.15, -0.1) is 0 Å². The number of amides is 1. The third-order valence-electron chi connectivity index (χ3n) is 3.28. The smallest absolute Gasteiger partial charge is 0.317 e. The van der Waals surface area contributed by atoms with Gasteiger partial charge in [-0.2, -0.15) is 0 Å². The maximum absolute atomic E-state index is 12.4. The largest absolute Gasteiger partial charge is 0.480 e. The Bertz CT molecular complexity index is 506. The van der Waals surface area contributed by atoms with Gasteiger partial charge in [-0.1, -0.05) is 0 Å². The molecule has 108 valence electrons. The topological polar surface area (TPSA) is 99.8 Å². The summed E-state index contributed by atoms with van der Waals surface area (Å²) >= 11 is 0. The Kier molecular flexibility index (Phi) is 4.52. The molecular formula is C13H18N4O3. The van der Waals surface area contributed by atoms with E-state index in [1.807, 2.05) is 4.90 Å². The molecule has 0 radical (unpaired) electrons. The first kappa shape index (κ1) is 14.3. The molecule has 3 N–H and O–H groups in total. The first-order chi connectivity index (χ1) is 9.58. The second kappa shape index (κ2) is 6.33. The van der Waals surface area contributed by atoms with Crippen LogP contribution in [0.1, 0.15) is 16.9 Å². The number of rotatable bonds is 3. The van der Waals surface area contributed by atoms with Crippen LogP contribution >= 0.6 is 0 Å². The normalized spacial score (nSPS) is 16.7. The van der Waals surface area contributed by atoms with Gasteiger partial charge in [0.2, 0.25) is 0 Å². The fourth-order valence-corrected chi connectivity index (χ4v) is 2.27. The van der Waals surface area contributed by atoms with Crippen LogP contribution < -0.4 is 5.73 Å². The predicted molar refractivity (Wildman–Crippen MR) is 73.2 cm³/mol. The highest BCUT2D eigenvalue weighted by Crippen LogP contribution is 2.12. The van der Waals surface area contributed by atoms with E-state index in [9.17, 15) is 9.59 Å². The quantitative estimate of drug-likeness (QED) is 0.800. The minimum Gasteiger partial charge on any atom is -0.480 e. The minimum atomic E-state index is -0.848. The van der Waals surface area contributed by atoms with Crippen LogP contribution in [-0.2, 0) is 4.79 Å². The number of carboxylic acids is 1. The van der Waals surface area contributed by atoms with E-state index in [2.05, 4.69) is 4.98 Å². The van der Waals surface area contributed by atoms with Crippen molar-refractivity contribution in [2.24, 2.45) is 0 Å². The van der Waals surface area contributed by atoms with E-state index in [1.54, 1.807) is 17.0 Å². The minimum absolute atomic E-state index is 0.00769. The van der Waals surface area contributed by atoms with Crippen LogP contribution in [0.25, 0.3) is 0 Å². The number of nitrogens with two attached hydrogens (primary N) is 1. The van der Waals surface area contributed by atoms with Crippen LogP contribution in [0.3, 0.4) is 0 Å². The van der Waals surface area contributed by atoms with Crippen LogP contribution in [-0.4, -0.2) is 64.5 Å². The van der Waals surface area contributed by atoms with Gasteiger partial charge < -0.3 is 15.7 Å². The SMILES string of the molecule is Nc1cccnc1C(=O)N1CCCN(CC(=O)O)CC1. The van der Waals surface area contributed by atoms with Crippen molar-refractivity contribution in [1.29, 1.82) is 0 Å². The average Bonchev–Trinajstić information content (AvgIpc) is 2.63. The molecule has 1 aromatic rings. The maximum atomic E-state index is 12.4. The molecule has 1 aromatic heterocycles. The summed E-state index contributed by atoms with van der Waals surface area (Å²) in [5.41, 5.74) is 6.39. The number of anilines is 1. The van der Waals surface area contributed by atoms with Crippen molar-refractivity contribution >= 4 is 17.6 Å². The molecule has 2 heterocycles. The second-order valence-corrected chi connectivity index (χ2v) is 4.76. The van der Waals surface area contributed by atoms with Crippen molar-refractivity contribution in [3.8, 4) is 0 Å². The van der Waals surface area contributed by atoms with Gasteiger partial charge in [0.15, 0.2) is 5.69 Å². The van der Waals surface area contributed by atoms with Crippen LogP contribution in [0.2, 0.25) is 0 Å². The lowest BCUT2D eigenvalue weighted by Gasteiger charge is -2.21. The van der Waals surface area contributed by atoms with Gasteiger partial charge >= 0.3 is 5.97 Å². The van der Waals surface area contributed by atoms with Crippen LogP contribution in [0.4, 0.5) is 5.69 Å². The fourth-order valence-electron chi connectivity index (χ4n) is 2.27. The number of pyridine rings is 1. The number of carbonyl (C=O) groups is 2. The van der Waals surface area contributed by atoms with E-state index in [0.29, 0.717) is 31.9 Å². The molecular weight excluding hydrogens is 260 g/mol. The molecule has 7 nitrogen and oxygen atoms in total. The lowest BCUT2D eigenvalue weighted by atomic mass is 10.2. The summed E-state index contributed by atoms with van der Waals surface area (Å²) < 4.78 is 0. The standard InChI is InChI=1S/C13H18N4O3/c14-10-3-1-4-15-12(10)13(20)17-6-2-5-16(7-8-17)9-11(18)19/h1,3-4H,2,5-9,14H2,(H,18,19). The third kappa shape index (κ3) is 3.45. The van der Waals surface area contributed by atoms with E-state index in [1.165, 1.54) is 6.20 Å². The molecule has 1 saturated heterocycles. The number of carboxylic acid groups (broad SMARTS) is 1. The molecule has 1 aliphatic rings. The van der Waals surface area contributed by atoms with Gasteiger partial charge in [-0.25, -0.2) is 4.98 Å². The number of nitrogens with zero attached hydrogens (tertiary/aromatic N) is 3. The molecule has 1 amide bonds. The lowest BCUT2D eigenvalue weighted by molar-refractivity contribution is -0.138. The van der Waals surface area contributed by atoms with E-state index in [4.69, 9.17) is 10.8 Å². The number of aromatic nitrogens is 1. The van der Waals surface area contributed by atoms with Gasteiger partial charge in [0.25, 0.3) is 5.91 Å². The summed E-state index contributed by atoms with van der Waals surface area (Å²) in [6.07, 6.45) is 2.28. The van der Waals surface area contributed by atoms with Gasteiger partial charge in [0.05, 0.1) is 12.2 Å². The van der Waals surface area contributed by atoms with E-state index >= 15 is 0 Å². The number of aliphatic carboxylic acids is 1. The number of hydrogen-bond donors (Lipinski definition) is 2. The van der Waals surface area contributed by atoms with Gasteiger partial charge in [0, 0.05) is 32.4 Å². The summed E-state index contributed by atoms with van der Waals surface area (Å²) in [6.45, 7) is 2.30. The van der Waals surface area contributed by atoms with Crippen molar-refractivity contribution < 1.29 is 14.7 Å². The molecule has 0 saturated carbocycles. The van der Waals surface area contributed by atoms with Crippen molar-refractivity contribution in [2.45, 2.75) is 6.42 Å². The van der Waals surface area contributed by atoms with Crippen molar-refractivity contribution in [3.05, 3.63) is 24.0 Å². The van der Waals surface area contributed by atoms with E-state index in [-0.39, 0.29) is 18.1 Å². The Hall–Kier alpha value is -2.15. The molecule has 2 rings (SSSR count). The highest BCUT2D eigenvalue weighted by Gasteiger charge is 2.23. The number of nitrogen functional groups attached to an aromatic ring is 1. The Morgan fingerprint density at radius 3 is 2.80 bits per heavy atom. The van der Waals surface area contributed by atoms with Gasteiger partial charge in [-0.05, 0) is 18.6 Å². The summed E-state index contributed by atoms with van der Waals surface area (Å²) in [6, 6.07) is 3.33. The lowest BCUT2D eigenvalue weighted by Crippen LogP contribution is -2.37. The Morgan fingerprint density at radius 2 is 2.10 bits per heavy atom.